The Morgan fingerprint density at radius 2 is 1.97 bits per heavy atom. The summed E-state index contributed by atoms with van der Waals surface area (Å²) < 4.78 is 4.85. The SMILES string of the molecule is NC(CS)C(=O)N1CCn2cc([I-]c3ccccc3)nc2C1CC1CCCCC1. The number of thiol groups is 1. The number of amides is 1. The topological polar surface area (TPSA) is 64.2 Å². The minimum atomic E-state index is -0.537. The number of halogens is 1. The van der Waals surface area contributed by atoms with Gasteiger partial charge in [-0.3, -0.25) is 0 Å². The van der Waals surface area contributed by atoms with Crippen LogP contribution in [0.25, 0.3) is 0 Å². The van der Waals surface area contributed by atoms with Gasteiger partial charge in [0.15, 0.2) is 0 Å². The molecule has 2 aliphatic rings. The second-order valence-electron chi connectivity index (χ2n) is 8.08. The van der Waals surface area contributed by atoms with Crippen LogP contribution in [0.3, 0.4) is 0 Å². The van der Waals surface area contributed by atoms with Gasteiger partial charge >= 0.3 is 190 Å². The number of hydrogen-bond acceptors (Lipinski definition) is 4. The molecule has 0 bridgehead atoms. The van der Waals surface area contributed by atoms with Gasteiger partial charge < -0.3 is 0 Å². The summed E-state index contributed by atoms with van der Waals surface area (Å²) in [5.41, 5.74) is 6.08. The van der Waals surface area contributed by atoms with Crippen molar-refractivity contribution >= 4 is 18.5 Å². The maximum atomic E-state index is 13.0. The van der Waals surface area contributed by atoms with Crippen molar-refractivity contribution in [2.75, 3.05) is 12.3 Å². The number of hydrogen-bond donors (Lipinski definition) is 2. The van der Waals surface area contributed by atoms with E-state index in [-0.39, 0.29) is 33.2 Å². The zero-order chi connectivity index (χ0) is 20.2. The summed E-state index contributed by atoms with van der Waals surface area (Å²) in [7, 11) is 0. The van der Waals surface area contributed by atoms with Gasteiger partial charge in [-0.1, -0.05) is 0 Å². The van der Waals surface area contributed by atoms with Crippen LogP contribution < -0.4 is 26.9 Å². The first kappa shape index (κ1) is 21.2. The number of nitrogens with zero attached hydrogens (tertiary/aromatic N) is 3. The molecule has 1 aliphatic heterocycles. The molecule has 29 heavy (non-hydrogen) atoms. The van der Waals surface area contributed by atoms with Crippen molar-refractivity contribution in [3.8, 4) is 0 Å². The van der Waals surface area contributed by atoms with Gasteiger partial charge in [-0.05, 0) is 0 Å². The van der Waals surface area contributed by atoms with Crippen LogP contribution in [0.1, 0.15) is 50.4 Å². The predicted molar refractivity (Wildman–Crippen MR) is 114 cm³/mol. The number of aromatic nitrogens is 2. The molecule has 2 aromatic rings. The molecule has 0 spiro atoms. The molecule has 0 radical (unpaired) electrons. The van der Waals surface area contributed by atoms with Crippen molar-refractivity contribution in [3.63, 3.8) is 0 Å². The fourth-order valence-electron chi connectivity index (χ4n) is 4.51. The third-order valence-electron chi connectivity index (χ3n) is 6.05. The number of rotatable bonds is 6. The quantitative estimate of drug-likeness (QED) is 0.416. The van der Waals surface area contributed by atoms with E-state index in [1.165, 1.54) is 39.4 Å². The molecule has 2 unspecified atom stereocenters. The molecule has 5 nitrogen and oxygen atoms in total. The number of carbonyl (C=O) groups is 1. The standard InChI is InChI=1S/C22H30IN4OS/c24-18(15-29)22(28)27-12-11-26-14-20(23-17-9-5-2-6-10-17)25-21(26)19(27)13-16-7-3-1-4-8-16/h2,5-6,9-10,14,16,18-19,29H,1,3-4,7-8,11-13,15,24H2/q-1. The predicted octanol–water partition coefficient (Wildman–Crippen LogP) is 0.122. The van der Waals surface area contributed by atoms with E-state index in [0.29, 0.717) is 18.2 Å². The Morgan fingerprint density at radius 1 is 1.21 bits per heavy atom. The fraction of sp³-hybridized carbons (Fsp3) is 0.545. The monoisotopic (exact) mass is 525 g/mol. The van der Waals surface area contributed by atoms with E-state index in [1.807, 2.05) is 4.90 Å². The van der Waals surface area contributed by atoms with E-state index in [9.17, 15) is 4.79 Å². The molecule has 1 fully saturated rings. The van der Waals surface area contributed by atoms with E-state index in [0.717, 1.165) is 18.8 Å². The zero-order valence-electron chi connectivity index (χ0n) is 16.7. The molecule has 7 heteroatoms. The molecule has 158 valence electrons. The summed E-state index contributed by atoms with van der Waals surface area (Å²) in [5.74, 6) is 2.14. The third kappa shape index (κ3) is 4.99. The van der Waals surface area contributed by atoms with Gasteiger partial charge in [-0.15, -0.1) is 0 Å². The van der Waals surface area contributed by atoms with Gasteiger partial charge in [0, 0.05) is 0 Å². The van der Waals surface area contributed by atoms with Crippen molar-refractivity contribution in [1.82, 2.24) is 14.5 Å². The van der Waals surface area contributed by atoms with Crippen LogP contribution in [0.4, 0.5) is 0 Å². The van der Waals surface area contributed by atoms with E-state index in [4.69, 9.17) is 10.7 Å². The van der Waals surface area contributed by atoms with Crippen LogP contribution in [0.2, 0.25) is 0 Å². The van der Waals surface area contributed by atoms with Crippen LogP contribution in [-0.2, 0) is 11.3 Å². The fourth-order valence-corrected chi connectivity index (χ4v) is 6.93. The molecule has 1 amide bonds. The van der Waals surface area contributed by atoms with Gasteiger partial charge in [0.25, 0.3) is 0 Å². The minimum absolute atomic E-state index is 0.0226. The Hall–Kier alpha value is -1.06. The average Bonchev–Trinajstić information content (AvgIpc) is 3.17. The van der Waals surface area contributed by atoms with Gasteiger partial charge in [0.05, 0.1) is 0 Å². The van der Waals surface area contributed by atoms with E-state index in [1.54, 1.807) is 0 Å². The molecule has 1 aromatic heterocycles. The second kappa shape index (κ2) is 9.83. The molecule has 1 saturated carbocycles. The number of imidazole rings is 1. The summed E-state index contributed by atoms with van der Waals surface area (Å²) >= 11 is 3.95. The zero-order valence-corrected chi connectivity index (χ0v) is 19.8. The van der Waals surface area contributed by atoms with Crippen LogP contribution in [-0.4, -0.2) is 38.7 Å². The molecule has 1 aliphatic carbocycles. The van der Waals surface area contributed by atoms with Crippen molar-refractivity contribution in [3.05, 3.63) is 49.6 Å². The third-order valence-corrected chi connectivity index (χ3v) is 8.86. The van der Waals surface area contributed by atoms with E-state index >= 15 is 0 Å². The number of benzene rings is 1. The Bertz CT molecular complexity index is 821. The summed E-state index contributed by atoms with van der Waals surface area (Å²) in [4.78, 5) is 20.1. The Kier molecular flexibility index (Phi) is 7.18. The second-order valence-corrected chi connectivity index (χ2v) is 11.3. The van der Waals surface area contributed by atoms with Gasteiger partial charge in [-0.2, -0.15) is 0 Å². The first-order valence-corrected chi connectivity index (χ1v) is 13.4. The Labute approximate surface area is 189 Å². The van der Waals surface area contributed by atoms with Gasteiger partial charge in [0.1, 0.15) is 0 Å². The van der Waals surface area contributed by atoms with Crippen molar-refractivity contribution in [2.24, 2.45) is 11.7 Å². The average molecular weight is 525 g/mol. The molecule has 2 N–H and O–H groups in total. The molecule has 2 heterocycles. The molecule has 0 saturated heterocycles. The van der Waals surface area contributed by atoms with Crippen molar-refractivity contribution < 1.29 is 26.0 Å². The van der Waals surface area contributed by atoms with Crippen LogP contribution in [0.5, 0.6) is 0 Å². The van der Waals surface area contributed by atoms with Crippen molar-refractivity contribution in [2.45, 2.75) is 57.2 Å². The molecule has 4 rings (SSSR count). The van der Waals surface area contributed by atoms with Gasteiger partial charge in [-0.25, -0.2) is 0 Å². The summed E-state index contributed by atoms with van der Waals surface area (Å²) in [6.45, 7) is 1.51. The number of fused-ring (bicyclic) bond motifs is 1. The van der Waals surface area contributed by atoms with Crippen molar-refractivity contribution in [1.29, 1.82) is 0 Å². The van der Waals surface area contributed by atoms with Crippen LogP contribution in [0, 0.1) is 13.2 Å². The number of nitrogens with two attached hydrogens (primary N) is 1. The molecule has 2 atom stereocenters. The normalized spacial score (nSPS) is 21.2. The number of carbonyl (C=O) groups excluding carboxylic acids is 1. The summed E-state index contributed by atoms with van der Waals surface area (Å²) in [6.07, 6.45) is 9.72. The molecule has 1 aromatic carbocycles. The first-order valence-electron chi connectivity index (χ1n) is 10.6. The Morgan fingerprint density at radius 3 is 2.69 bits per heavy atom. The van der Waals surface area contributed by atoms with Crippen LogP contribution >= 0.6 is 12.6 Å². The molecular weight excluding hydrogens is 495 g/mol. The summed E-state index contributed by atoms with van der Waals surface area (Å²) in [6, 6.07) is 10.1. The Balaban J connectivity index is 1.60. The summed E-state index contributed by atoms with van der Waals surface area (Å²) in [5, 5.41) is 0. The van der Waals surface area contributed by atoms with E-state index < -0.39 is 6.04 Å². The molecular formula is C22H30IN4OS-. The van der Waals surface area contributed by atoms with E-state index in [2.05, 4.69) is 53.7 Å². The maximum absolute atomic E-state index is 13.0. The van der Waals surface area contributed by atoms with Crippen LogP contribution in [0.15, 0.2) is 36.5 Å². The first-order chi connectivity index (χ1) is 14.2. The van der Waals surface area contributed by atoms with Gasteiger partial charge in [0.2, 0.25) is 0 Å².